The number of aryl methyl sites for hydroxylation is 1. The van der Waals surface area contributed by atoms with E-state index in [1.807, 2.05) is 12.4 Å². The summed E-state index contributed by atoms with van der Waals surface area (Å²) in [6.07, 6.45) is 11.0. The van der Waals surface area contributed by atoms with Crippen LogP contribution in [0.2, 0.25) is 0 Å². The van der Waals surface area contributed by atoms with Crippen LogP contribution in [-0.2, 0) is 11.2 Å². The highest BCUT2D eigenvalue weighted by atomic mass is 16.2. The summed E-state index contributed by atoms with van der Waals surface area (Å²) in [4.78, 5) is 21.3. The van der Waals surface area contributed by atoms with Gasteiger partial charge >= 0.3 is 0 Å². The lowest BCUT2D eigenvalue weighted by atomic mass is 9.85. The number of nitrogens with one attached hydrogen (secondary N) is 3. The molecule has 3 rings (SSSR count). The molecule has 1 amide bonds. The van der Waals surface area contributed by atoms with Gasteiger partial charge in [0.2, 0.25) is 5.91 Å². The van der Waals surface area contributed by atoms with E-state index < -0.39 is 0 Å². The van der Waals surface area contributed by atoms with Crippen LogP contribution in [-0.4, -0.2) is 42.0 Å². The van der Waals surface area contributed by atoms with E-state index in [1.165, 1.54) is 11.1 Å². The third kappa shape index (κ3) is 6.22. The first kappa shape index (κ1) is 19.6. The lowest BCUT2D eigenvalue weighted by Gasteiger charge is -2.30. The fraction of sp³-hybridized carbons (Fsp3) is 0.667. The van der Waals surface area contributed by atoms with Crippen LogP contribution in [0.4, 0.5) is 0 Å². The molecule has 1 aromatic heterocycles. The first-order valence-electron chi connectivity index (χ1n) is 10.4. The Morgan fingerprint density at radius 2 is 2.07 bits per heavy atom. The molecule has 0 aliphatic heterocycles. The molecular formula is C21H33N5O. The van der Waals surface area contributed by atoms with Crippen molar-refractivity contribution >= 4 is 11.9 Å². The number of hydrogen-bond acceptors (Lipinski definition) is 3. The maximum absolute atomic E-state index is 12.4. The van der Waals surface area contributed by atoms with E-state index in [4.69, 9.17) is 4.99 Å². The SMILES string of the molecule is CCNC(=NCCc1ccncc1C)NC1CCCC(C(=O)NC2CC2)C1. The highest BCUT2D eigenvalue weighted by Gasteiger charge is 2.31. The molecule has 1 aromatic rings. The number of guanidine groups is 1. The third-order valence-electron chi connectivity index (χ3n) is 5.44. The zero-order valence-electron chi connectivity index (χ0n) is 16.6. The first-order valence-corrected chi connectivity index (χ1v) is 10.4. The Bertz CT molecular complexity index is 656. The summed E-state index contributed by atoms with van der Waals surface area (Å²) in [5.74, 6) is 1.25. The first-order chi connectivity index (χ1) is 13.2. The van der Waals surface area contributed by atoms with Crippen molar-refractivity contribution in [3.8, 4) is 0 Å². The van der Waals surface area contributed by atoms with Crippen LogP contribution in [0.15, 0.2) is 23.5 Å². The molecule has 2 aliphatic rings. The Labute approximate surface area is 162 Å². The van der Waals surface area contributed by atoms with E-state index in [0.29, 0.717) is 12.1 Å². The maximum Gasteiger partial charge on any atom is 0.223 e. The normalized spacial score (nSPS) is 23.0. The highest BCUT2D eigenvalue weighted by Crippen LogP contribution is 2.26. The van der Waals surface area contributed by atoms with Crippen LogP contribution >= 0.6 is 0 Å². The van der Waals surface area contributed by atoms with Gasteiger partial charge in [-0.1, -0.05) is 6.42 Å². The number of aromatic nitrogens is 1. The molecule has 1 heterocycles. The predicted octanol–water partition coefficient (Wildman–Crippen LogP) is 2.33. The van der Waals surface area contributed by atoms with E-state index in [2.05, 4.69) is 40.8 Å². The van der Waals surface area contributed by atoms with E-state index in [1.54, 1.807) is 0 Å². The summed E-state index contributed by atoms with van der Waals surface area (Å²) in [6.45, 7) is 5.73. The van der Waals surface area contributed by atoms with Crippen molar-refractivity contribution in [1.29, 1.82) is 0 Å². The summed E-state index contributed by atoms with van der Waals surface area (Å²) >= 11 is 0. The molecule has 6 nitrogen and oxygen atoms in total. The van der Waals surface area contributed by atoms with Crippen molar-refractivity contribution in [2.45, 2.75) is 70.9 Å². The Morgan fingerprint density at radius 3 is 2.81 bits per heavy atom. The molecule has 0 aromatic carbocycles. The van der Waals surface area contributed by atoms with Gasteiger partial charge in [0, 0.05) is 43.5 Å². The van der Waals surface area contributed by atoms with Gasteiger partial charge in [-0.3, -0.25) is 14.8 Å². The summed E-state index contributed by atoms with van der Waals surface area (Å²) in [6, 6.07) is 2.82. The Morgan fingerprint density at radius 1 is 1.22 bits per heavy atom. The van der Waals surface area contributed by atoms with E-state index in [0.717, 1.165) is 64.0 Å². The lowest BCUT2D eigenvalue weighted by molar-refractivity contribution is -0.126. The third-order valence-corrected chi connectivity index (χ3v) is 5.44. The number of nitrogens with zero attached hydrogens (tertiary/aromatic N) is 2. The zero-order chi connectivity index (χ0) is 19.1. The number of aliphatic imine (C=N–C) groups is 1. The van der Waals surface area contributed by atoms with Gasteiger partial charge in [-0.05, 0) is 69.6 Å². The van der Waals surface area contributed by atoms with Crippen LogP contribution < -0.4 is 16.0 Å². The molecular weight excluding hydrogens is 338 g/mol. The van der Waals surface area contributed by atoms with Crippen molar-refractivity contribution < 1.29 is 4.79 Å². The van der Waals surface area contributed by atoms with Crippen LogP contribution in [0.5, 0.6) is 0 Å². The van der Waals surface area contributed by atoms with Crippen molar-refractivity contribution in [2.75, 3.05) is 13.1 Å². The molecule has 2 saturated carbocycles. The van der Waals surface area contributed by atoms with E-state index >= 15 is 0 Å². The molecule has 0 radical (unpaired) electrons. The maximum atomic E-state index is 12.4. The minimum absolute atomic E-state index is 0.138. The van der Waals surface area contributed by atoms with Crippen molar-refractivity contribution in [1.82, 2.24) is 20.9 Å². The molecule has 148 valence electrons. The number of hydrogen-bond donors (Lipinski definition) is 3. The van der Waals surface area contributed by atoms with Gasteiger partial charge in [0.25, 0.3) is 0 Å². The molecule has 3 N–H and O–H groups in total. The minimum atomic E-state index is 0.138. The molecule has 2 atom stereocenters. The average molecular weight is 372 g/mol. The molecule has 27 heavy (non-hydrogen) atoms. The monoisotopic (exact) mass is 371 g/mol. The second kappa shape index (κ2) is 9.72. The van der Waals surface area contributed by atoms with Crippen molar-refractivity contribution in [3.05, 3.63) is 29.6 Å². The van der Waals surface area contributed by atoms with Crippen LogP contribution in [0, 0.1) is 12.8 Å². The number of amides is 1. The molecule has 0 saturated heterocycles. The molecule has 6 heteroatoms. The summed E-state index contributed by atoms with van der Waals surface area (Å²) in [5, 5.41) is 10.1. The second-order valence-electron chi connectivity index (χ2n) is 7.80. The number of pyridine rings is 1. The van der Waals surface area contributed by atoms with E-state index in [-0.39, 0.29) is 11.8 Å². The number of rotatable bonds is 7. The highest BCUT2D eigenvalue weighted by molar-refractivity contribution is 5.81. The number of carbonyl (C=O) groups excluding carboxylic acids is 1. The fourth-order valence-corrected chi connectivity index (χ4v) is 3.69. The van der Waals surface area contributed by atoms with Gasteiger partial charge in [-0.15, -0.1) is 0 Å². The fourth-order valence-electron chi connectivity index (χ4n) is 3.69. The van der Waals surface area contributed by atoms with Gasteiger partial charge in [0.05, 0.1) is 0 Å². The topological polar surface area (TPSA) is 78.4 Å². The van der Waals surface area contributed by atoms with Crippen molar-refractivity contribution in [3.63, 3.8) is 0 Å². The predicted molar refractivity (Wildman–Crippen MR) is 109 cm³/mol. The molecule has 2 aliphatic carbocycles. The molecule has 0 spiro atoms. The number of carbonyl (C=O) groups is 1. The molecule has 2 fully saturated rings. The summed E-state index contributed by atoms with van der Waals surface area (Å²) < 4.78 is 0. The van der Waals surface area contributed by atoms with Gasteiger partial charge < -0.3 is 16.0 Å². The Hall–Kier alpha value is -2.11. The standard InChI is InChI=1S/C21H33N5O/c1-3-23-21(24-12-10-16-9-11-22-14-15(16)2)26-19-6-4-5-17(13-19)20(27)25-18-7-8-18/h9,11,14,17-19H,3-8,10,12-13H2,1-2H3,(H,25,27)(H2,23,24,26). The van der Waals surface area contributed by atoms with Crippen molar-refractivity contribution in [2.24, 2.45) is 10.9 Å². The molecule has 2 unspecified atom stereocenters. The van der Waals surface area contributed by atoms with Gasteiger partial charge in [-0.25, -0.2) is 0 Å². The molecule has 0 bridgehead atoms. The minimum Gasteiger partial charge on any atom is -0.357 e. The van der Waals surface area contributed by atoms with Crippen LogP contribution in [0.3, 0.4) is 0 Å². The Kier molecular flexibility index (Phi) is 7.07. The van der Waals surface area contributed by atoms with Gasteiger partial charge in [0.1, 0.15) is 0 Å². The van der Waals surface area contributed by atoms with Crippen LogP contribution in [0.1, 0.15) is 56.6 Å². The smallest absolute Gasteiger partial charge is 0.223 e. The summed E-state index contributed by atoms with van der Waals surface area (Å²) in [7, 11) is 0. The zero-order valence-corrected chi connectivity index (χ0v) is 16.6. The lowest BCUT2D eigenvalue weighted by Crippen LogP contribution is -2.47. The van der Waals surface area contributed by atoms with Gasteiger partial charge in [0.15, 0.2) is 5.96 Å². The quantitative estimate of drug-likeness (QED) is 0.508. The second-order valence-corrected chi connectivity index (χ2v) is 7.80. The van der Waals surface area contributed by atoms with Gasteiger partial charge in [-0.2, -0.15) is 0 Å². The largest absolute Gasteiger partial charge is 0.357 e. The Balaban J connectivity index is 1.51. The van der Waals surface area contributed by atoms with Crippen LogP contribution in [0.25, 0.3) is 0 Å². The summed E-state index contributed by atoms with van der Waals surface area (Å²) in [5.41, 5.74) is 2.50. The average Bonchev–Trinajstić information content (AvgIpc) is 3.48. The van der Waals surface area contributed by atoms with E-state index in [9.17, 15) is 4.79 Å².